The van der Waals surface area contributed by atoms with Gasteiger partial charge in [-0.05, 0) is 53.6 Å². The molecule has 0 atom stereocenters. The van der Waals surface area contributed by atoms with Crippen molar-refractivity contribution in [1.82, 2.24) is 0 Å². The Morgan fingerprint density at radius 2 is 1.57 bits per heavy atom. The molecule has 6 nitrogen and oxygen atoms in total. The van der Waals surface area contributed by atoms with Gasteiger partial charge in [-0.1, -0.05) is 74.5 Å². The van der Waals surface area contributed by atoms with E-state index in [1.165, 1.54) is 13.2 Å². The summed E-state index contributed by atoms with van der Waals surface area (Å²) in [6, 6.07) is 20.6. The van der Waals surface area contributed by atoms with Crippen molar-refractivity contribution in [2.75, 3.05) is 7.11 Å². The van der Waals surface area contributed by atoms with E-state index >= 15 is 0 Å². The number of aryl methyl sites for hydroxylation is 1. The summed E-state index contributed by atoms with van der Waals surface area (Å²) in [6.07, 6.45) is 1.64. The maximum Gasteiger partial charge on any atom is 0.373 e. The van der Waals surface area contributed by atoms with Crippen molar-refractivity contribution in [2.24, 2.45) is 0 Å². The van der Waals surface area contributed by atoms with Gasteiger partial charge in [0.15, 0.2) is 0 Å². The van der Waals surface area contributed by atoms with Crippen LogP contribution in [0.15, 0.2) is 66.7 Å². The molecule has 0 spiro atoms. The molecule has 1 N–H and O–H groups in total. The third kappa shape index (κ3) is 6.15. The lowest BCUT2D eigenvalue weighted by atomic mass is 9.84. The summed E-state index contributed by atoms with van der Waals surface area (Å²) in [5.41, 5.74) is 3.70. The largest absolute Gasteiger partial charge is 0.465 e. The Morgan fingerprint density at radius 1 is 0.886 bits per heavy atom. The van der Waals surface area contributed by atoms with Gasteiger partial charge >= 0.3 is 11.9 Å². The van der Waals surface area contributed by atoms with E-state index in [1.807, 2.05) is 62.4 Å². The van der Waals surface area contributed by atoms with Crippen molar-refractivity contribution in [1.29, 1.82) is 0 Å². The van der Waals surface area contributed by atoms with Crippen LogP contribution in [0.4, 0.5) is 0 Å². The third-order valence-electron chi connectivity index (χ3n) is 6.41. The van der Waals surface area contributed by atoms with Crippen LogP contribution in [0.25, 0.3) is 11.1 Å². The predicted octanol–water partition coefficient (Wildman–Crippen LogP) is 5.83. The number of carbonyl (C=O) groups is 2. The molecule has 3 aromatic rings. The van der Waals surface area contributed by atoms with Crippen molar-refractivity contribution in [3.8, 4) is 11.1 Å². The molecule has 184 valence electrons. The van der Waals surface area contributed by atoms with Gasteiger partial charge in [0.25, 0.3) is 0 Å². The second-order valence-corrected chi connectivity index (χ2v) is 8.54. The van der Waals surface area contributed by atoms with Crippen LogP contribution in [-0.4, -0.2) is 29.8 Å². The Bertz CT molecular complexity index is 1170. The number of benzene rings is 3. The van der Waals surface area contributed by atoms with Gasteiger partial charge in [0.2, 0.25) is 0 Å². The zero-order valence-electron chi connectivity index (χ0n) is 20.7. The summed E-state index contributed by atoms with van der Waals surface area (Å²) in [6.45, 7) is 5.64. The lowest BCUT2D eigenvalue weighted by molar-refractivity contribution is -0.250. The van der Waals surface area contributed by atoms with Crippen LogP contribution in [-0.2, 0) is 27.5 Å². The quantitative estimate of drug-likeness (QED) is 0.225. The minimum absolute atomic E-state index is 0.00930. The highest BCUT2D eigenvalue weighted by atomic mass is 17.2. The SMILES string of the molecule is CCC(O)(CC)Cc1c(COOC(=O)c2cccc(C)c2C(=O)OC)cccc1-c1ccccc1. The third-order valence-corrected chi connectivity index (χ3v) is 6.41. The second kappa shape index (κ2) is 11.8. The molecular formula is C29H32O6. The van der Waals surface area contributed by atoms with Gasteiger partial charge in [0.1, 0.15) is 6.61 Å². The van der Waals surface area contributed by atoms with Crippen molar-refractivity contribution < 1.29 is 29.2 Å². The van der Waals surface area contributed by atoms with Crippen molar-refractivity contribution in [3.63, 3.8) is 0 Å². The molecule has 0 bridgehead atoms. The molecule has 0 aromatic heterocycles. The van der Waals surface area contributed by atoms with Gasteiger partial charge in [-0.2, -0.15) is 4.89 Å². The van der Waals surface area contributed by atoms with E-state index in [1.54, 1.807) is 19.1 Å². The van der Waals surface area contributed by atoms with Crippen LogP contribution in [0, 0.1) is 6.92 Å². The van der Waals surface area contributed by atoms with E-state index in [0.29, 0.717) is 24.8 Å². The minimum atomic E-state index is -0.868. The molecule has 3 aromatic carbocycles. The molecule has 0 saturated carbocycles. The maximum absolute atomic E-state index is 12.7. The summed E-state index contributed by atoms with van der Waals surface area (Å²) in [7, 11) is 1.26. The van der Waals surface area contributed by atoms with Crippen LogP contribution in [0.2, 0.25) is 0 Å². The average molecular weight is 477 g/mol. The number of aliphatic hydroxyl groups is 1. The molecule has 0 unspecified atom stereocenters. The van der Waals surface area contributed by atoms with Gasteiger partial charge in [-0.15, -0.1) is 0 Å². The van der Waals surface area contributed by atoms with Crippen molar-refractivity contribution in [3.05, 3.63) is 94.5 Å². The molecule has 0 amide bonds. The van der Waals surface area contributed by atoms with E-state index in [2.05, 4.69) is 0 Å². The number of hydrogen-bond donors (Lipinski definition) is 1. The topological polar surface area (TPSA) is 82.1 Å². The van der Waals surface area contributed by atoms with Gasteiger partial charge in [0, 0.05) is 6.42 Å². The Balaban J connectivity index is 1.87. The minimum Gasteiger partial charge on any atom is -0.465 e. The highest BCUT2D eigenvalue weighted by Gasteiger charge is 2.26. The highest BCUT2D eigenvalue weighted by molar-refractivity contribution is 6.04. The molecule has 0 aliphatic rings. The molecule has 0 saturated heterocycles. The molecule has 0 fully saturated rings. The molecule has 0 aliphatic heterocycles. The fourth-order valence-electron chi connectivity index (χ4n) is 4.10. The molecule has 0 aliphatic carbocycles. The number of hydrogen-bond acceptors (Lipinski definition) is 6. The smallest absolute Gasteiger partial charge is 0.373 e. The fourth-order valence-corrected chi connectivity index (χ4v) is 4.10. The van der Waals surface area contributed by atoms with Crippen LogP contribution in [0.1, 0.15) is 64.1 Å². The first-order valence-corrected chi connectivity index (χ1v) is 11.7. The number of esters is 1. The first-order chi connectivity index (χ1) is 16.8. The molecule has 0 radical (unpaired) electrons. The highest BCUT2D eigenvalue weighted by Crippen LogP contribution is 2.32. The van der Waals surface area contributed by atoms with Gasteiger partial charge < -0.3 is 9.84 Å². The molecular weight excluding hydrogens is 444 g/mol. The maximum atomic E-state index is 12.7. The fraction of sp³-hybridized carbons (Fsp3) is 0.310. The number of ether oxygens (including phenoxy) is 1. The number of methoxy groups -OCH3 is 1. The first kappa shape index (κ1) is 26.1. The lowest BCUT2D eigenvalue weighted by Crippen LogP contribution is -2.30. The van der Waals surface area contributed by atoms with Crippen LogP contribution >= 0.6 is 0 Å². The van der Waals surface area contributed by atoms with Crippen molar-refractivity contribution >= 4 is 11.9 Å². The summed E-state index contributed by atoms with van der Waals surface area (Å²) in [5.74, 6) is -1.40. The summed E-state index contributed by atoms with van der Waals surface area (Å²) in [5, 5.41) is 11.1. The van der Waals surface area contributed by atoms with E-state index < -0.39 is 17.5 Å². The average Bonchev–Trinajstić information content (AvgIpc) is 2.89. The summed E-state index contributed by atoms with van der Waals surface area (Å²) in [4.78, 5) is 35.4. The molecule has 3 rings (SSSR count). The van der Waals surface area contributed by atoms with E-state index in [-0.39, 0.29) is 17.7 Å². The first-order valence-electron chi connectivity index (χ1n) is 11.7. The standard InChI is InChI=1S/C29H32O6/c1-5-29(32,6-2)18-25-22(15-11-16-23(25)21-13-8-7-9-14-21)19-34-35-27(30)24-17-10-12-20(3)26(24)28(31)33-4/h7-17,32H,5-6,18-19H2,1-4H3. The normalized spacial score (nSPS) is 11.2. The van der Waals surface area contributed by atoms with Gasteiger partial charge in [0.05, 0.1) is 23.8 Å². The Morgan fingerprint density at radius 3 is 2.23 bits per heavy atom. The Labute approximate surface area is 206 Å². The van der Waals surface area contributed by atoms with Gasteiger partial charge in [-0.3, -0.25) is 4.89 Å². The van der Waals surface area contributed by atoms with Crippen LogP contribution in [0.3, 0.4) is 0 Å². The number of carbonyl (C=O) groups excluding carboxylic acids is 2. The summed E-state index contributed by atoms with van der Waals surface area (Å²) < 4.78 is 4.81. The predicted molar refractivity (Wildman–Crippen MR) is 134 cm³/mol. The molecule has 35 heavy (non-hydrogen) atoms. The van der Waals surface area contributed by atoms with E-state index in [9.17, 15) is 14.7 Å². The van der Waals surface area contributed by atoms with Gasteiger partial charge in [-0.25, -0.2) is 9.59 Å². The molecule has 0 heterocycles. The Hall–Kier alpha value is -3.48. The zero-order chi connectivity index (χ0) is 25.4. The Kier molecular flexibility index (Phi) is 8.79. The van der Waals surface area contributed by atoms with Crippen LogP contribution < -0.4 is 0 Å². The van der Waals surface area contributed by atoms with E-state index in [0.717, 1.165) is 22.3 Å². The second-order valence-electron chi connectivity index (χ2n) is 8.54. The zero-order valence-corrected chi connectivity index (χ0v) is 20.7. The number of rotatable bonds is 10. The molecule has 6 heteroatoms. The lowest BCUT2D eigenvalue weighted by Gasteiger charge is -2.28. The van der Waals surface area contributed by atoms with E-state index in [4.69, 9.17) is 14.5 Å². The van der Waals surface area contributed by atoms with Crippen molar-refractivity contribution in [2.45, 2.75) is 52.2 Å². The monoisotopic (exact) mass is 476 g/mol. The van der Waals surface area contributed by atoms with Crippen LogP contribution in [0.5, 0.6) is 0 Å². The summed E-state index contributed by atoms with van der Waals surface area (Å²) >= 11 is 0.